The van der Waals surface area contributed by atoms with Crippen LogP contribution in [-0.2, 0) is 12.8 Å². The van der Waals surface area contributed by atoms with Crippen molar-refractivity contribution in [3.05, 3.63) is 35.5 Å². The second-order valence-corrected chi connectivity index (χ2v) is 5.28. The lowest BCUT2D eigenvalue weighted by molar-refractivity contribution is 0.415. The van der Waals surface area contributed by atoms with Gasteiger partial charge >= 0.3 is 0 Å². The molecule has 1 aliphatic rings. The van der Waals surface area contributed by atoms with E-state index in [4.69, 9.17) is 15.5 Å². The van der Waals surface area contributed by atoms with Gasteiger partial charge in [0.1, 0.15) is 5.75 Å². The van der Waals surface area contributed by atoms with E-state index < -0.39 is 0 Å². The van der Waals surface area contributed by atoms with Gasteiger partial charge in [-0.2, -0.15) is 0 Å². The Labute approximate surface area is 124 Å². The van der Waals surface area contributed by atoms with E-state index in [9.17, 15) is 0 Å². The zero-order chi connectivity index (χ0) is 14.8. The van der Waals surface area contributed by atoms with E-state index in [1.165, 1.54) is 11.1 Å². The third-order valence-corrected chi connectivity index (χ3v) is 3.89. The molecule has 0 radical (unpaired) electrons. The lowest BCUT2D eigenvalue weighted by atomic mass is 9.90. The molecule has 1 aromatic heterocycles. The molecule has 0 spiro atoms. The van der Waals surface area contributed by atoms with Crippen molar-refractivity contribution in [3.63, 3.8) is 0 Å². The third-order valence-electron chi connectivity index (χ3n) is 3.89. The van der Waals surface area contributed by atoms with Crippen molar-refractivity contribution in [2.45, 2.75) is 12.8 Å². The van der Waals surface area contributed by atoms with Crippen molar-refractivity contribution in [2.75, 3.05) is 32.1 Å². The molecule has 1 aromatic carbocycles. The Morgan fingerprint density at radius 1 is 1.29 bits per heavy atom. The summed E-state index contributed by atoms with van der Waals surface area (Å²) < 4.78 is 5.34. The number of nitrogens with two attached hydrogens (primary N) is 1. The summed E-state index contributed by atoms with van der Waals surface area (Å²) in [6.07, 6.45) is 3.94. The van der Waals surface area contributed by atoms with E-state index in [1.807, 2.05) is 24.2 Å². The predicted octanol–water partition coefficient (Wildman–Crippen LogP) is 1.65. The number of hydrogen-bond donors (Lipinski definition) is 1. The van der Waals surface area contributed by atoms with E-state index in [1.54, 1.807) is 7.11 Å². The van der Waals surface area contributed by atoms with Crippen LogP contribution in [0.25, 0.3) is 11.3 Å². The molecule has 2 N–H and O–H groups in total. The molecule has 0 unspecified atom stereocenters. The van der Waals surface area contributed by atoms with Crippen LogP contribution in [0, 0.1) is 0 Å². The van der Waals surface area contributed by atoms with Crippen LogP contribution in [0.3, 0.4) is 0 Å². The molecule has 0 bridgehead atoms. The molecule has 3 rings (SSSR count). The third kappa shape index (κ3) is 2.56. The number of benzene rings is 1. The van der Waals surface area contributed by atoms with E-state index in [2.05, 4.69) is 17.1 Å². The zero-order valence-electron chi connectivity index (χ0n) is 12.5. The molecule has 110 valence electrons. The molecular weight excluding hydrogens is 264 g/mol. The normalized spacial score (nSPS) is 12.5. The second kappa shape index (κ2) is 5.69. The van der Waals surface area contributed by atoms with Gasteiger partial charge in [0.2, 0.25) is 5.95 Å². The fourth-order valence-electron chi connectivity index (χ4n) is 2.68. The predicted molar refractivity (Wildman–Crippen MR) is 83.8 cm³/mol. The Morgan fingerprint density at radius 3 is 2.86 bits per heavy atom. The van der Waals surface area contributed by atoms with Gasteiger partial charge in [-0.25, -0.2) is 9.97 Å². The summed E-state index contributed by atoms with van der Waals surface area (Å²) in [5.41, 5.74) is 10.3. The first-order valence-electron chi connectivity index (χ1n) is 7.17. The summed E-state index contributed by atoms with van der Waals surface area (Å²) in [5.74, 6) is 1.58. The highest BCUT2D eigenvalue weighted by atomic mass is 16.5. The maximum Gasteiger partial charge on any atom is 0.225 e. The lowest BCUT2D eigenvalue weighted by Crippen LogP contribution is -2.27. The van der Waals surface area contributed by atoms with Gasteiger partial charge in [0.15, 0.2) is 0 Å². The summed E-state index contributed by atoms with van der Waals surface area (Å²) >= 11 is 0. The first-order valence-corrected chi connectivity index (χ1v) is 7.17. The molecule has 21 heavy (non-hydrogen) atoms. The number of methoxy groups -OCH3 is 1. The van der Waals surface area contributed by atoms with Crippen LogP contribution >= 0.6 is 0 Å². The van der Waals surface area contributed by atoms with Gasteiger partial charge < -0.3 is 15.4 Å². The van der Waals surface area contributed by atoms with Crippen molar-refractivity contribution in [1.29, 1.82) is 0 Å². The molecule has 1 aliphatic carbocycles. The van der Waals surface area contributed by atoms with Crippen molar-refractivity contribution < 1.29 is 4.74 Å². The van der Waals surface area contributed by atoms with Gasteiger partial charge in [0.05, 0.1) is 12.8 Å². The first kappa shape index (κ1) is 13.8. The molecule has 0 aliphatic heterocycles. The van der Waals surface area contributed by atoms with E-state index in [0.717, 1.165) is 42.3 Å². The largest absolute Gasteiger partial charge is 0.497 e. The maximum absolute atomic E-state index is 5.61. The minimum atomic E-state index is 0.585. The highest BCUT2D eigenvalue weighted by Crippen LogP contribution is 2.34. The van der Waals surface area contributed by atoms with Gasteiger partial charge in [0.25, 0.3) is 0 Å². The number of anilines is 1. The van der Waals surface area contributed by atoms with Crippen molar-refractivity contribution in [2.24, 2.45) is 5.73 Å². The Balaban J connectivity index is 2.06. The summed E-state index contributed by atoms with van der Waals surface area (Å²) in [5, 5.41) is 0. The number of nitrogens with zero attached hydrogens (tertiary/aromatic N) is 3. The molecule has 5 heteroatoms. The standard InChI is InChI=1S/C16H20N4O/c1-20(8-7-17)16-18-10-12-4-3-11-5-6-13(21-2)9-14(11)15(12)19-16/h5-6,9-10H,3-4,7-8,17H2,1-2H3. The van der Waals surface area contributed by atoms with Crippen LogP contribution in [0.2, 0.25) is 0 Å². The first-order chi connectivity index (χ1) is 10.2. The molecule has 0 atom stereocenters. The topological polar surface area (TPSA) is 64.3 Å². The fraction of sp³-hybridized carbons (Fsp3) is 0.375. The molecule has 2 aromatic rings. The number of hydrogen-bond acceptors (Lipinski definition) is 5. The minimum absolute atomic E-state index is 0.585. The van der Waals surface area contributed by atoms with E-state index in [0.29, 0.717) is 6.54 Å². The molecule has 0 amide bonds. The van der Waals surface area contributed by atoms with Crippen LogP contribution in [0.5, 0.6) is 5.75 Å². The molecule has 0 fully saturated rings. The van der Waals surface area contributed by atoms with Gasteiger partial charge in [-0.3, -0.25) is 0 Å². The van der Waals surface area contributed by atoms with Crippen molar-refractivity contribution in [3.8, 4) is 17.0 Å². The van der Waals surface area contributed by atoms with Crippen LogP contribution in [-0.4, -0.2) is 37.2 Å². The zero-order valence-corrected chi connectivity index (χ0v) is 12.5. The Morgan fingerprint density at radius 2 is 2.10 bits per heavy atom. The smallest absolute Gasteiger partial charge is 0.225 e. The molecule has 1 heterocycles. The molecule has 0 saturated carbocycles. The fourth-order valence-corrected chi connectivity index (χ4v) is 2.68. The number of aryl methyl sites for hydroxylation is 2. The summed E-state index contributed by atoms with van der Waals surface area (Å²) in [4.78, 5) is 11.2. The number of likely N-dealkylation sites (N-methyl/N-ethyl adjacent to an activating group) is 1. The average molecular weight is 284 g/mol. The van der Waals surface area contributed by atoms with E-state index in [-0.39, 0.29) is 0 Å². The van der Waals surface area contributed by atoms with Crippen LogP contribution in [0.4, 0.5) is 5.95 Å². The van der Waals surface area contributed by atoms with Crippen LogP contribution in [0.15, 0.2) is 24.4 Å². The highest BCUT2D eigenvalue weighted by molar-refractivity contribution is 5.71. The van der Waals surface area contributed by atoms with Crippen LogP contribution < -0.4 is 15.4 Å². The summed E-state index contributed by atoms with van der Waals surface area (Å²) in [6, 6.07) is 6.20. The van der Waals surface area contributed by atoms with Gasteiger partial charge in [-0.1, -0.05) is 6.07 Å². The summed E-state index contributed by atoms with van der Waals surface area (Å²) in [7, 11) is 3.65. The molecule has 5 nitrogen and oxygen atoms in total. The molecule has 0 saturated heterocycles. The number of ether oxygens (including phenoxy) is 1. The average Bonchev–Trinajstić information content (AvgIpc) is 2.53. The van der Waals surface area contributed by atoms with Crippen molar-refractivity contribution in [1.82, 2.24) is 9.97 Å². The number of aromatic nitrogens is 2. The van der Waals surface area contributed by atoms with Crippen LogP contribution in [0.1, 0.15) is 11.1 Å². The SMILES string of the molecule is COc1ccc2c(c1)-c1nc(N(C)CCN)ncc1CC2. The molecular formula is C16H20N4O. The Hall–Kier alpha value is -2.14. The van der Waals surface area contributed by atoms with Crippen molar-refractivity contribution >= 4 is 5.95 Å². The monoisotopic (exact) mass is 284 g/mol. The number of fused-ring (bicyclic) bond motifs is 3. The van der Waals surface area contributed by atoms with Gasteiger partial charge in [0, 0.05) is 31.9 Å². The maximum atomic E-state index is 5.61. The quantitative estimate of drug-likeness (QED) is 0.924. The minimum Gasteiger partial charge on any atom is -0.497 e. The number of rotatable bonds is 4. The second-order valence-electron chi connectivity index (χ2n) is 5.28. The Bertz CT molecular complexity index is 657. The highest BCUT2D eigenvalue weighted by Gasteiger charge is 2.20. The van der Waals surface area contributed by atoms with E-state index >= 15 is 0 Å². The van der Waals surface area contributed by atoms with Gasteiger partial charge in [-0.05, 0) is 36.1 Å². The summed E-state index contributed by atoms with van der Waals surface area (Å²) in [6.45, 7) is 1.32. The lowest BCUT2D eigenvalue weighted by Gasteiger charge is -2.22. The Kier molecular flexibility index (Phi) is 3.75. The van der Waals surface area contributed by atoms with Gasteiger partial charge in [-0.15, -0.1) is 0 Å².